The molecule has 1 unspecified atom stereocenters. The highest BCUT2D eigenvalue weighted by Gasteiger charge is 2.38. The standard InChI is InChI=1S/C11H14O4/c1-2-15-8-11(14,10(12)13)9-6-4-3-5-7-9/h3-7,14H,2,8H2,1H3,(H,12,13). The van der Waals surface area contributed by atoms with E-state index in [0.717, 1.165) is 0 Å². The molecular weight excluding hydrogens is 196 g/mol. The Morgan fingerprint density at radius 2 is 2.00 bits per heavy atom. The third-order valence-corrected chi connectivity index (χ3v) is 2.12. The van der Waals surface area contributed by atoms with Crippen LogP contribution >= 0.6 is 0 Å². The molecule has 1 aromatic rings. The molecule has 0 heterocycles. The van der Waals surface area contributed by atoms with Crippen LogP contribution in [0.1, 0.15) is 12.5 Å². The van der Waals surface area contributed by atoms with Crippen molar-refractivity contribution in [3.63, 3.8) is 0 Å². The second-order valence-corrected chi connectivity index (χ2v) is 3.17. The molecule has 2 N–H and O–H groups in total. The van der Waals surface area contributed by atoms with Crippen LogP contribution in [0.25, 0.3) is 0 Å². The fourth-order valence-electron chi connectivity index (χ4n) is 1.23. The Balaban J connectivity index is 2.96. The molecule has 0 aliphatic carbocycles. The number of aliphatic hydroxyl groups is 1. The molecule has 0 saturated heterocycles. The summed E-state index contributed by atoms with van der Waals surface area (Å²) in [5.41, 5.74) is -1.64. The van der Waals surface area contributed by atoms with Gasteiger partial charge in [-0.25, -0.2) is 4.79 Å². The number of hydrogen-bond acceptors (Lipinski definition) is 3. The first kappa shape index (κ1) is 11.7. The third-order valence-electron chi connectivity index (χ3n) is 2.12. The lowest BCUT2D eigenvalue weighted by atomic mass is 9.95. The number of rotatable bonds is 5. The van der Waals surface area contributed by atoms with Crippen LogP contribution < -0.4 is 0 Å². The minimum atomic E-state index is -1.96. The number of carboxylic acids is 1. The van der Waals surface area contributed by atoms with Crippen LogP contribution in [0.2, 0.25) is 0 Å². The van der Waals surface area contributed by atoms with Crippen molar-refractivity contribution in [3.05, 3.63) is 35.9 Å². The maximum Gasteiger partial charge on any atom is 0.342 e. The van der Waals surface area contributed by atoms with Gasteiger partial charge in [-0.3, -0.25) is 0 Å². The third kappa shape index (κ3) is 2.55. The summed E-state index contributed by atoms with van der Waals surface area (Å²) >= 11 is 0. The zero-order valence-electron chi connectivity index (χ0n) is 8.51. The molecule has 1 atom stereocenters. The summed E-state index contributed by atoms with van der Waals surface area (Å²) in [5, 5.41) is 18.9. The Morgan fingerprint density at radius 3 is 2.47 bits per heavy atom. The number of aliphatic carboxylic acids is 1. The average Bonchev–Trinajstić information content (AvgIpc) is 2.27. The number of ether oxygens (including phenoxy) is 1. The Labute approximate surface area is 88.1 Å². The molecule has 15 heavy (non-hydrogen) atoms. The summed E-state index contributed by atoms with van der Waals surface area (Å²) in [4.78, 5) is 11.0. The van der Waals surface area contributed by atoms with Crippen molar-refractivity contribution < 1.29 is 19.7 Å². The van der Waals surface area contributed by atoms with Gasteiger partial charge in [0.15, 0.2) is 0 Å². The molecule has 1 rings (SSSR count). The highest BCUT2D eigenvalue weighted by Crippen LogP contribution is 2.21. The highest BCUT2D eigenvalue weighted by molar-refractivity contribution is 5.79. The molecule has 1 aromatic carbocycles. The van der Waals surface area contributed by atoms with Crippen LogP contribution in [-0.4, -0.2) is 29.4 Å². The van der Waals surface area contributed by atoms with E-state index in [0.29, 0.717) is 12.2 Å². The van der Waals surface area contributed by atoms with E-state index in [2.05, 4.69) is 0 Å². The van der Waals surface area contributed by atoms with E-state index in [4.69, 9.17) is 9.84 Å². The lowest BCUT2D eigenvalue weighted by Gasteiger charge is -2.23. The number of carboxylic acid groups (broad SMARTS) is 1. The van der Waals surface area contributed by atoms with Crippen LogP contribution in [0.15, 0.2) is 30.3 Å². The zero-order chi connectivity index (χ0) is 11.3. The Morgan fingerprint density at radius 1 is 1.40 bits per heavy atom. The lowest BCUT2D eigenvalue weighted by molar-refractivity contribution is -0.166. The summed E-state index contributed by atoms with van der Waals surface area (Å²) in [6, 6.07) is 8.23. The number of carbonyl (C=O) groups is 1. The molecule has 0 aliphatic rings. The predicted octanol–water partition coefficient (Wildman–Crippen LogP) is 0.995. The highest BCUT2D eigenvalue weighted by atomic mass is 16.5. The second kappa shape index (κ2) is 4.91. The van der Waals surface area contributed by atoms with Crippen LogP contribution in [0.4, 0.5) is 0 Å². The van der Waals surface area contributed by atoms with E-state index in [1.165, 1.54) is 0 Å². The van der Waals surface area contributed by atoms with Crippen molar-refractivity contribution in [3.8, 4) is 0 Å². The molecule has 0 fully saturated rings. The number of benzene rings is 1. The molecule has 0 radical (unpaired) electrons. The van der Waals surface area contributed by atoms with E-state index < -0.39 is 11.6 Å². The summed E-state index contributed by atoms with van der Waals surface area (Å²) < 4.78 is 4.98. The molecule has 0 amide bonds. The van der Waals surface area contributed by atoms with Crippen molar-refractivity contribution in [2.24, 2.45) is 0 Å². The van der Waals surface area contributed by atoms with Crippen LogP contribution in [0, 0.1) is 0 Å². The van der Waals surface area contributed by atoms with Crippen molar-refractivity contribution in [2.75, 3.05) is 13.2 Å². The maximum atomic E-state index is 11.0. The number of hydrogen-bond donors (Lipinski definition) is 2. The Kier molecular flexibility index (Phi) is 3.82. The average molecular weight is 210 g/mol. The quantitative estimate of drug-likeness (QED) is 0.760. The topological polar surface area (TPSA) is 66.8 Å². The van der Waals surface area contributed by atoms with Crippen LogP contribution in [-0.2, 0) is 15.1 Å². The van der Waals surface area contributed by atoms with Crippen molar-refractivity contribution in [1.29, 1.82) is 0 Å². The van der Waals surface area contributed by atoms with Gasteiger partial charge in [0.05, 0.1) is 6.61 Å². The fraction of sp³-hybridized carbons (Fsp3) is 0.364. The Hall–Kier alpha value is -1.39. The maximum absolute atomic E-state index is 11.0. The summed E-state index contributed by atoms with van der Waals surface area (Å²) in [6.07, 6.45) is 0. The monoisotopic (exact) mass is 210 g/mol. The molecule has 82 valence electrons. The summed E-state index contributed by atoms with van der Waals surface area (Å²) in [6.45, 7) is 1.86. The summed E-state index contributed by atoms with van der Waals surface area (Å²) in [5.74, 6) is -1.30. The molecule has 4 heteroatoms. The van der Waals surface area contributed by atoms with Gasteiger partial charge in [0.25, 0.3) is 0 Å². The van der Waals surface area contributed by atoms with Gasteiger partial charge in [-0.1, -0.05) is 30.3 Å². The second-order valence-electron chi connectivity index (χ2n) is 3.17. The zero-order valence-corrected chi connectivity index (χ0v) is 8.51. The van der Waals surface area contributed by atoms with Crippen LogP contribution in [0.5, 0.6) is 0 Å². The minimum absolute atomic E-state index is 0.247. The normalized spacial score (nSPS) is 14.5. The van der Waals surface area contributed by atoms with Gasteiger partial charge in [0, 0.05) is 6.61 Å². The molecule has 0 aliphatic heterocycles. The molecular formula is C11H14O4. The van der Waals surface area contributed by atoms with Gasteiger partial charge in [-0.05, 0) is 12.5 Å². The summed E-state index contributed by atoms with van der Waals surface area (Å²) in [7, 11) is 0. The first-order valence-corrected chi connectivity index (χ1v) is 4.70. The molecule has 0 spiro atoms. The van der Waals surface area contributed by atoms with Gasteiger partial charge in [-0.15, -0.1) is 0 Å². The molecule has 0 aromatic heterocycles. The van der Waals surface area contributed by atoms with Gasteiger partial charge in [-0.2, -0.15) is 0 Å². The van der Waals surface area contributed by atoms with Gasteiger partial charge in [0.2, 0.25) is 5.60 Å². The van der Waals surface area contributed by atoms with Crippen molar-refractivity contribution in [2.45, 2.75) is 12.5 Å². The predicted molar refractivity (Wildman–Crippen MR) is 54.5 cm³/mol. The van der Waals surface area contributed by atoms with Gasteiger partial charge in [0.1, 0.15) is 0 Å². The SMILES string of the molecule is CCOCC(O)(C(=O)O)c1ccccc1. The van der Waals surface area contributed by atoms with Gasteiger partial charge >= 0.3 is 5.97 Å². The van der Waals surface area contributed by atoms with Crippen LogP contribution in [0.3, 0.4) is 0 Å². The lowest BCUT2D eigenvalue weighted by Crippen LogP contribution is -2.40. The van der Waals surface area contributed by atoms with E-state index in [-0.39, 0.29) is 6.61 Å². The smallest absolute Gasteiger partial charge is 0.342 e. The molecule has 0 saturated carbocycles. The molecule has 4 nitrogen and oxygen atoms in total. The van der Waals surface area contributed by atoms with Crippen molar-refractivity contribution >= 4 is 5.97 Å². The van der Waals surface area contributed by atoms with Crippen molar-refractivity contribution in [1.82, 2.24) is 0 Å². The largest absolute Gasteiger partial charge is 0.479 e. The first-order valence-electron chi connectivity index (χ1n) is 4.70. The molecule has 0 bridgehead atoms. The Bertz CT molecular complexity index is 323. The van der Waals surface area contributed by atoms with E-state index in [9.17, 15) is 9.90 Å². The van der Waals surface area contributed by atoms with E-state index >= 15 is 0 Å². The fourth-order valence-corrected chi connectivity index (χ4v) is 1.23. The van der Waals surface area contributed by atoms with Gasteiger partial charge < -0.3 is 14.9 Å². The van der Waals surface area contributed by atoms with E-state index in [1.54, 1.807) is 37.3 Å². The first-order chi connectivity index (χ1) is 7.11. The van der Waals surface area contributed by atoms with E-state index in [1.807, 2.05) is 0 Å². The minimum Gasteiger partial charge on any atom is -0.479 e.